The van der Waals surface area contributed by atoms with Crippen LogP contribution in [0.25, 0.3) is 16.9 Å². The van der Waals surface area contributed by atoms with E-state index in [1.54, 1.807) is 6.07 Å². The minimum Gasteiger partial charge on any atom is -0.281 e. The molecule has 0 saturated heterocycles. The lowest BCUT2D eigenvalue weighted by molar-refractivity contribution is -0.137. The van der Waals surface area contributed by atoms with Crippen molar-refractivity contribution in [3.63, 3.8) is 0 Å². The number of nitrogens with zero attached hydrogens (tertiary/aromatic N) is 6. The van der Waals surface area contributed by atoms with E-state index in [0.29, 0.717) is 5.06 Å². The first-order valence-electron chi connectivity index (χ1n) is 8.88. The summed E-state index contributed by atoms with van der Waals surface area (Å²) in [5.41, 5.74) is -0.936. The van der Waals surface area contributed by atoms with Crippen LogP contribution in [0.2, 0.25) is 0 Å². The second-order valence-electron chi connectivity index (χ2n) is 6.63. The number of hydrogen-bond donors (Lipinski definition) is 1. The number of anilines is 2. The van der Waals surface area contributed by atoms with E-state index in [1.807, 2.05) is 0 Å². The predicted octanol–water partition coefficient (Wildman–Crippen LogP) is 4.82. The van der Waals surface area contributed by atoms with E-state index < -0.39 is 29.3 Å². The summed E-state index contributed by atoms with van der Waals surface area (Å²) in [6.45, 7) is 1.54. The molecule has 0 fully saturated rings. The molecule has 0 atom stereocenters. The second-order valence-corrected chi connectivity index (χ2v) is 6.63. The highest BCUT2D eigenvalue weighted by Crippen LogP contribution is 2.31. The molecule has 0 bridgehead atoms. The van der Waals surface area contributed by atoms with Crippen molar-refractivity contribution in [1.82, 2.24) is 19.5 Å². The van der Waals surface area contributed by atoms with Gasteiger partial charge >= 0.3 is 6.18 Å². The second kappa shape index (κ2) is 7.54. The fourth-order valence-corrected chi connectivity index (χ4v) is 3.08. The molecule has 7 nitrogen and oxygen atoms in total. The van der Waals surface area contributed by atoms with Gasteiger partial charge in [-0.2, -0.15) is 33.5 Å². The fraction of sp³-hybridized carbons (Fsp3) is 0.100. The number of hydrogen-bond acceptors (Lipinski definition) is 6. The molecule has 12 heteroatoms. The summed E-state index contributed by atoms with van der Waals surface area (Å²) in [5.74, 6) is -2.36. The summed E-state index contributed by atoms with van der Waals surface area (Å²) in [6, 6.07) is 8.36. The van der Waals surface area contributed by atoms with Gasteiger partial charge in [-0.15, -0.1) is 0 Å². The van der Waals surface area contributed by atoms with Crippen LogP contribution >= 0.6 is 0 Å². The maximum atomic E-state index is 13.8. The number of rotatable bonds is 3. The normalized spacial score (nSPS) is 11.6. The Morgan fingerprint density at radius 3 is 2.28 bits per heavy atom. The highest BCUT2D eigenvalue weighted by molar-refractivity contribution is 5.78. The molecule has 2 aromatic heterocycles. The van der Waals surface area contributed by atoms with Crippen LogP contribution in [-0.4, -0.2) is 24.7 Å². The zero-order chi connectivity index (χ0) is 23.2. The van der Waals surface area contributed by atoms with Crippen LogP contribution in [0.4, 0.5) is 33.6 Å². The Hall–Kier alpha value is -4.11. The molecule has 2 aromatic carbocycles. The molecular formula is C20H11F5N6O. The van der Waals surface area contributed by atoms with Gasteiger partial charge in [-0.05, 0) is 31.2 Å². The molecular weight excluding hydrogens is 435 g/mol. The Bertz CT molecular complexity index is 1370. The lowest BCUT2D eigenvalue weighted by Gasteiger charge is -2.17. The number of aromatic nitrogens is 4. The first kappa shape index (κ1) is 21.1. The Morgan fingerprint density at radius 1 is 1.00 bits per heavy atom. The Labute approximate surface area is 176 Å². The van der Waals surface area contributed by atoms with Crippen LogP contribution in [-0.2, 0) is 6.18 Å². The summed E-state index contributed by atoms with van der Waals surface area (Å²) in [4.78, 5) is 12.1. The van der Waals surface area contributed by atoms with E-state index in [2.05, 4.69) is 15.0 Å². The molecule has 0 unspecified atom stereocenters. The van der Waals surface area contributed by atoms with Gasteiger partial charge in [0.05, 0.1) is 22.3 Å². The maximum Gasteiger partial charge on any atom is 0.416 e. The quantitative estimate of drug-likeness (QED) is 0.359. The van der Waals surface area contributed by atoms with Gasteiger partial charge in [-0.3, -0.25) is 9.77 Å². The molecule has 0 radical (unpaired) electrons. The van der Waals surface area contributed by atoms with E-state index in [-0.39, 0.29) is 34.1 Å². The van der Waals surface area contributed by atoms with Crippen LogP contribution in [0.15, 0.2) is 42.5 Å². The standard InChI is InChI=1S/C20H11F5N6O/c1-10-27-16-7-14(21)15(22)8-17(16)30(10)18-6-12(9-26)28-19(29-18)31(32)13-4-2-11(3-5-13)20(23,24)25/h2-8,32H,1H3. The van der Waals surface area contributed by atoms with Gasteiger partial charge in [0.2, 0.25) is 0 Å². The molecule has 0 spiro atoms. The molecule has 0 aliphatic carbocycles. The zero-order valence-electron chi connectivity index (χ0n) is 16.1. The molecule has 0 aliphatic rings. The number of benzene rings is 2. The van der Waals surface area contributed by atoms with Crippen molar-refractivity contribution in [1.29, 1.82) is 5.26 Å². The Balaban J connectivity index is 1.83. The van der Waals surface area contributed by atoms with E-state index in [1.165, 1.54) is 17.6 Å². The topological polar surface area (TPSA) is 90.9 Å². The van der Waals surface area contributed by atoms with E-state index in [0.717, 1.165) is 36.4 Å². The van der Waals surface area contributed by atoms with Gasteiger partial charge in [-0.1, -0.05) is 0 Å². The zero-order valence-corrected chi connectivity index (χ0v) is 16.1. The predicted molar refractivity (Wildman–Crippen MR) is 101 cm³/mol. The van der Waals surface area contributed by atoms with Crippen molar-refractivity contribution in [2.45, 2.75) is 13.1 Å². The minimum atomic E-state index is -4.56. The van der Waals surface area contributed by atoms with Crippen LogP contribution in [0.3, 0.4) is 0 Å². The molecule has 32 heavy (non-hydrogen) atoms. The van der Waals surface area contributed by atoms with Crippen molar-refractivity contribution in [3.8, 4) is 11.9 Å². The van der Waals surface area contributed by atoms with Gasteiger partial charge in [0.15, 0.2) is 11.6 Å². The monoisotopic (exact) mass is 446 g/mol. The lowest BCUT2D eigenvalue weighted by atomic mass is 10.2. The summed E-state index contributed by atoms with van der Waals surface area (Å²) in [5, 5.41) is 20.2. The highest BCUT2D eigenvalue weighted by atomic mass is 19.4. The third-order valence-corrected chi connectivity index (χ3v) is 4.54. The largest absolute Gasteiger partial charge is 0.416 e. The maximum absolute atomic E-state index is 13.8. The molecule has 0 aliphatic heterocycles. The number of fused-ring (bicyclic) bond motifs is 1. The molecule has 1 N–H and O–H groups in total. The van der Waals surface area contributed by atoms with Crippen LogP contribution < -0.4 is 5.06 Å². The lowest BCUT2D eigenvalue weighted by Crippen LogP contribution is -2.16. The van der Waals surface area contributed by atoms with Gasteiger partial charge < -0.3 is 0 Å². The average Bonchev–Trinajstić information content (AvgIpc) is 3.07. The number of halogens is 5. The van der Waals surface area contributed by atoms with Crippen molar-refractivity contribution >= 4 is 22.7 Å². The average molecular weight is 446 g/mol. The van der Waals surface area contributed by atoms with Crippen molar-refractivity contribution in [3.05, 3.63) is 71.2 Å². The SMILES string of the molecule is Cc1nc2cc(F)c(F)cc2n1-c1cc(C#N)nc(N(O)c2ccc(C(F)(F)F)cc2)n1. The summed E-state index contributed by atoms with van der Waals surface area (Å²) < 4.78 is 67.0. The molecule has 2 heterocycles. The Morgan fingerprint density at radius 2 is 1.66 bits per heavy atom. The summed E-state index contributed by atoms with van der Waals surface area (Å²) in [7, 11) is 0. The Kier molecular flexibility index (Phi) is 4.98. The number of nitriles is 1. The molecule has 162 valence electrons. The molecule has 4 aromatic rings. The van der Waals surface area contributed by atoms with E-state index in [4.69, 9.17) is 0 Å². The van der Waals surface area contributed by atoms with Gasteiger partial charge in [0.1, 0.15) is 23.4 Å². The third kappa shape index (κ3) is 3.69. The third-order valence-electron chi connectivity index (χ3n) is 4.54. The van der Waals surface area contributed by atoms with Crippen molar-refractivity contribution < 1.29 is 27.2 Å². The smallest absolute Gasteiger partial charge is 0.281 e. The molecule has 0 amide bonds. The van der Waals surface area contributed by atoms with Crippen LogP contribution in [0.5, 0.6) is 0 Å². The summed E-state index contributed by atoms with van der Waals surface area (Å²) in [6.07, 6.45) is -4.56. The molecule has 4 rings (SSSR count). The van der Waals surface area contributed by atoms with Gasteiger partial charge in [0.25, 0.3) is 5.95 Å². The van der Waals surface area contributed by atoms with E-state index >= 15 is 0 Å². The number of aryl methyl sites for hydroxylation is 1. The van der Waals surface area contributed by atoms with Crippen molar-refractivity contribution in [2.75, 3.05) is 5.06 Å². The van der Waals surface area contributed by atoms with E-state index in [9.17, 15) is 32.4 Å². The van der Waals surface area contributed by atoms with Crippen LogP contribution in [0.1, 0.15) is 17.1 Å². The number of alkyl halides is 3. The minimum absolute atomic E-state index is 0.00326. The van der Waals surface area contributed by atoms with Crippen molar-refractivity contribution in [2.24, 2.45) is 0 Å². The molecule has 0 saturated carbocycles. The number of imidazole rings is 1. The van der Waals surface area contributed by atoms with Gasteiger partial charge in [-0.25, -0.2) is 13.8 Å². The first-order valence-corrected chi connectivity index (χ1v) is 8.88. The van der Waals surface area contributed by atoms with Gasteiger partial charge in [0, 0.05) is 18.2 Å². The first-order chi connectivity index (χ1) is 15.1. The summed E-state index contributed by atoms with van der Waals surface area (Å²) >= 11 is 0. The fourth-order valence-electron chi connectivity index (χ4n) is 3.08. The van der Waals surface area contributed by atoms with Crippen LogP contribution in [0, 0.1) is 29.9 Å². The highest BCUT2D eigenvalue weighted by Gasteiger charge is 2.30.